The highest BCUT2D eigenvalue weighted by atomic mass is 16.2. The van der Waals surface area contributed by atoms with Crippen LogP contribution in [0.3, 0.4) is 0 Å². The van der Waals surface area contributed by atoms with Gasteiger partial charge in [0.05, 0.1) is 16.9 Å². The second-order valence-corrected chi connectivity index (χ2v) is 6.53. The Morgan fingerprint density at radius 3 is 2.23 bits per heavy atom. The van der Waals surface area contributed by atoms with Crippen LogP contribution in [-0.4, -0.2) is 26.8 Å². The maximum atomic E-state index is 12.6. The van der Waals surface area contributed by atoms with Gasteiger partial charge in [-0.3, -0.25) is 9.59 Å². The van der Waals surface area contributed by atoms with Crippen molar-refractivity contribution in [2.24, 2.45) is 5.73 Å². The lowest BCUT2D eigenvalue weighted by molar-refractivity contribution is 0.0998. The number of aromatic nitrogens is 3. The standard InChI is InChI=1S/C23H18N6O2/c24-20(30)16-10-4-6-12-18(16)28-23-26-14-25-21(29-23)17-11-5-7-13-19(17)27-22(31)15-8-2-1-3-9-15/h1-14H,(H2,24,30)(H,27,31)(H,25,26,28,29). The average Bonchev–Trinajstić information content (AvgIpc) is 2.80. The molecule has 2 amide bonds. The number of nitrogens with zero attached hydrogens (tertiary/aromatic N) is 3. The first-order chi connectivity index (χ1) is 15.1. The molecule has 31 heavy (non-hydrogen) atoms. The molecule has 1 heterocycles. The number of amides is 2. The van der Waals surface area contributed by atoms with Crippen LogP contribution in [-0.2, 0) is 0 Å². The number of nitrogens with two attached hydrogens (primary N) is 1. The van der Waals surface area contributed by atoms with E-state index in [9.17, 15) is 9.59 Å². The molecule has 152 valence electrons. The molecule has 0 aliphatic rings. The van der Waals surface area contributed by atoms with Gasteiger partial charge < -0.3 is 16.4 Å². The summed E-state index contributed by atoms with van der Waals surface area (Å²) in [4.78, 5) is 37.1. The number of rotatable bonds is 6. The summed E-state index contributed by atoms with van der Waals surface area (Å²) in [6.45, 7) is 0. The minimum absolute atomic E-state index is 0.239. The Balaban J connectivity index is 1.63. The molecule has 0 saturated carbocycles. The number of nitrogens with one attached hydrogen (secondary N) is 2. The number of primary amides is 1. The number of benzene rings is 3. The molecular weight excluding hydrogens is 392 g/mol. The number of hydrogen-bond acceptors (Lipinski definition) is 6. The molecule has 8 nitrogen and oxygen atoms in total. The SMILES string of the molecule is NC(=O)c1ccccc1Nc1ncnc(-c2ccccc2NC(=O)c2ccccc2)n1. The molecule has 8 heteroatoms. The first-order valence-electron chi connectivity index (χ1n) is 9.42. The first kappa shape index (κ1) is 19.7. The van der Waals surface area contributed by atoms with Gasteiger partial charge in [0.25, 0.3) is 11.8 Å². The molecule has 1 aromatic heterocycles. The van der Waals surface area contributed by atoms with Crippen LogP contribution in [0.2, 0.25) is 0 Å². The molecule has 4 aromatic rings. The zero-order valence-electron chi connectivity index (χ0n) is 16.3. The van der Waals surface area contributed by atoms with Crippen molar-refractivity contribution in [1.29, 1.82) is 0 Å². The minimum atomic E-state index is -0.564. The van der Waals surface area contributed by atoms with Crippen LogP contribution in [0, 0.1) is 0 Å². The Kier molecular flexibility index (Phi) is 5.62. The van der Waals surface area contributed by atoms with E-state index in [0.29, 0.717) is 33.9 Å². The van der Waals surface area contributed by atoms with Crippen molar-refractivity contribution in [2.75, 3.05) is 10.6 Å². The van der Waals surface area contributed by atoms with Gasteiger partial charge in [-0.15, -0.1) is 0 Å². The quantitative estimate of drug-likeness (QED) is 0.446. The molecular formula is C23H18N6O2. The van der Waals surface area contributed by atoms with E-state index < -0.39 is 5.91 Å². The van der Waals surface area contributed by atoms with Crippen molar-refractivity contribution in [3.05, 3.63) is 96.3 Å². The summed E-state index contributed by atoms with van der Waals surface area (Å²) < 4.78 is 0. The highest BCUT2D eigenvalue weighted by molar-refractivity contribution is 6.06. The molecule has 3 aromatic carbocycles. The minimum Gasteiger partial charge on any atom is -0.366 e. The van der Waals surface area contributed by atoms with Gasteiger partial charge in [0.15, 0.2) is 5.82 Å². The van der Waals surface area contributed by atoms with Crippen LogP contribution < -0.4 is 16.4 Å². The van der Waals surface area contributed by atoms with Gasteiger partial charge >= 0.3 is 0 Å². The monoisotopic (exact) mass is 410 g/mol. The van der Waals surface area contributed by atoms with Crippen molar-refractivity contribution in [2.45, 2.75) is 0 Å². The topological polar surface area (TPSA) is 123 Å². The summed E-state index contributed by atoms with van der Waals surface area (Å²) in [5, 5.41) is 5.90. The largest absolute Gasteiger partial charge is 0.366 e. The molecule has 0 unspecified atom stereocenters. The van der Waals surface area contributed by atoms with Crippen LogP contribution in [0.25, 0.3) is 11.4 Å². The normalized spacial score (nSPS) is 10.3. The van der Waals surface area contributed by atoms with Crippen LogP contribution in [0.15, 0.2) is 85.2 Å². The van der Waals surface area contributed by atoms with E-state index >= 15 is 0 Å². The van der Waals surface area contributed by atoms with Crippen molar-refractivity contribution in [1.82, 2.24) is 15.0 Å². The zero-order valence-corrected chi connectivity index (χ0v) is 16.3. The summed E-state index contributed by atoms with van der Waals surface area (Å²) in [7, 11) is 0. The third-order valence-corrected chi connectivity index (χ3v) is 4.46. The van der Waals surface area contributed by atoms with Gasteiger partial charge in [-0.05, 0) is 36.4 Å². The number of anilines is 3. The van der Waals surface area contributed by atoms with Gasteiger partial charge in [0.2, 0.25) is 5.95 Å². The van der Waals surface area contributed by atoms with Gasteiger partial charge in [-0.2, -0.15) is 4.98 Å². The van der Waals surface area contributed by atoms with Crippen molar-refractivity contribution in [3.8, 4) is 11.4 Å². The smallest absolute Gasteiger partial charge is 0.255 e. The van der Waals surface area contributed by atoms with E-state index in [1.54, 1.807) is 60.7 Å². The zero-order chi connectivity index (χ0) is 21.6. The summed E-state index contributed by atoms with van der Waals surface area (Å²) in [6.07, 6.45) is 1.35. The summed E-state index contributed by atoms with van der Waals surface area (Å²) >= 11 is 0. The van der Waals surface area contributed by atoms with Crippen molar-refractivity contribution < 1.29 is 9.59 Å². The number of carbonyl (C=O) groups excluding carboxylic acids is 2. The van der Waals surface area contributed by atoms with Crippen LogP contribution in [0.4, 0.5) is 17.3 Å². The third kappa shape index (κ3) is 4.54. The second kappa shape index (κ2) is 8.83. The van der Waals surface area contributed by atoms with Crippen molar-refractivity contribution >= 4 is 29.1 Å². The fourth-order valence-corrected chi connectivity index (χ4v) is 2.98. The summed E-state index contributed by atoms with van der Waals surface area (Å²) in [5.74, 6) is -0.205. The molecule has 4 N–H and O–H groups in total. The summed E-state index contributed by atoms with van der Waals surface area (Å²) in [6, 6.07) is 22.9. The number of para-hydroxylation sites is 2. The van der Waals surface area contributed by atoms with Crippen LogP contribution in [0.1, 0.15) is 20.7 Å². The van der Waals surface area contributed by atoms with Crippen LogP contribution in [0.5, 0.6) is 0 Å². The van der Waals surface area contributed by atoms with E-state index in [-0.39, 0.29) is 11.9 Å². The van der Waals surface area contributed by atoms with Crippen LogP contribution >= 0.6 is 0 Å². The Hall–Kier alpha value is -4.59. The molecule has 0 bridgehead atoms. The average molecular weight is 410 g/mol. The maximum Gasteiger partial charge on any atom is 0.255 e. The highest BCUT2D eigenvalue weighted by Crippen LogP contribution is 2.26. The Labute approximate surface area is 178 Å². The molecule has 0 radical (unpaired) electrons. The van der Waals surface area contributed by atoms with E-state index in [1.165, 1.54) is 6.33 Å². The second-order valence-electron chi connectivity index (χ2n) is 6.53. The molecule has 0 fully saturated rings. The molecule has 0 spiro atoms. The van der Waals surface area contributed by atoms with E-state index in [0.717, 1.165) is 0 Å². The fourth-order valence-electron chi connectivity index (χ4n) is 2.98. The Morgan fingerprint density at radius 1 is 0.774 bits per heavy atom. The maximum absolute atomic E-state index is 12.6. The van der Waals surface area contributed by atoms with Gasteiger partial charge in [0, 0.05) is 11.1 Å². The lowest BCUT2D eigenvalue weighted by Gasteiger charge is -2.12. The predicted octanol–water partition coefficient (Wildman–Crippen LogP) is 3.63. The fraction of sp³-hybridized carbons (Fsp3) is 0. The molecule has 0 aliphatic heterocycles. The highest BCUT2D eigenvalue weighted by Gasteiger charge is 2.14. The predicted molar refractivity (Wildman–Crippen MR) is 118 cm³/mol. The molecule has 0 saturated heterocycles. The Bertz CT molecular complexity index is 1240. The van der Waals surface area contributed by atoms with E-state index in [1.807, 2.05) is 18.2 Å². The summed E-state index contributed by atoms with van der Waals surface area (Å²) in [5.41, 5.74) is 7.96. The Morgan fingerprint density at radius 2 is 1.45 bits per heavy atom. The number of hydrogen-bond donors (Lipinski definition) is 3. The molecule has 4 rings (SSSR count). The van der Waals surface area contributed by atoms with E-state index in [2.05, 4.69) is 25.6 Å². The molecule has 0 atom stereocenters. The lowest BCUT2D eigenvalue weighted by Crippen LogP contribution is -2.14. The van der Waals surface area contributed by atoms with Gasteiger partial charge in [-0.25, -0.2) is 9.97 Å². The van der Waals surface area contributed by atoms with Gasteiger partial charge in [-0.1, -0.05) is 42.5 Å². The van der Waals surface area contributed by atoms with Crippen molar-refractivity contribution in [3.63, 3.8) is 0 Å². The van der Waals surface area contributed by atoms with E-state index in [4.69, 9.17) is 5.73 Å². The lowest BCUT2D eigenvalue weighted by atomic mass is 10.1. The number of carbonyl (C=O) groups is 2. The molecule has 0 aliphatic carbocycles. The first-order valence-corrected chi connectivity index (χ1v) is 9.42. The third-order valence-electron chi connectivity index (χ3n) is 4.46. The van der Waals surface area contributed by atoms with Gasteiger partial charge in [0.1, 0.15) is 6.33 Å².